The smallest absolute Gasteiger partial charge is 0.251 e. The highest BCUT2D eigenvalue weighted by molar-refractivity contribution is 5.94. The minimum Gasteiger partial charge on any atom is -0.352 e. The minimum absolute atomic E-state index is 0.0507. The van der Waals surface area contributed by atoms with E-state index in [1.165, 1.54) is 18.4 Å². The van der Waals surface area contributed by atoms with Crippen LogP contribution in [0.25, 0.3) is 0 Å². The predicted octanol–water partition coefficient (Wildman–Crippen LogP) is 3.46. The highest BCUT2D eigenvalue weighted by Gasteiger charge is 2.33. The molecule has 0 saturated heterocycles. The summed E-state index contributed by atoms with van der Waals surface area (Å²) in [4.78, 5) is 24.2. The van der Waals surface area contributed by atoms with Crippen molar-refractivity contribution >= 4 is 11.8 Å². The van der Waals surface area contributed by atoms with E-state index in [4.69, 9.17) is 0 Å². The third-order valence-electron chi connectivity index (χ3n) is 4.47. The quantitative estimate of drug-likeness (QED) is 0.725. The number of hydrogen-bond acceptors (Lipinski definition) is 2. The average Bonchev–Trinajstić information content (AvgIpc) is 3.49. The fourth-order valence-electron chi connectivity index (χ4n) is 2.95. The fraction of sp³-hybridized carbons (Fsp3) is 0.333. The molecule has 2 aromatic rings. The molecule has 1 fully saturated rings. The van der Waals surface area contributed by atoms with E-state index < -0.39 is 0 Å². The number of benzene rings is 2. The van der Waals surface area contributed by atoms with Crippen LogP contribution in [-0.4, -0.2) is 18.4 Å². The van der Waals surface area contributed by atoms with Crippen LogP contribution in [-0.2, 0) is 4.79 Å². The van der Waals surface area contributed by atoms with Crippen molar-refractivity contribution in [2.45, 2.75) is 31.7 Å². The van der Waals surface area contributed by atoms with E-state index in [1.807, 2.05) is 36.4 Å². The molecule has 1 aliphatic carbocycles. The normalized spacial score (nSPS) is 14.6. The van der Waals surface area contributed by atoms with Crippen molar-refractivity contribution in [1.29, 1.82) is 0 Å². The van der Waals surface area contributed by atoms with E-state index >= 15 is 0 Å². The van der Waals surface area contributed by atoms with Crippen LogP contribution in [0.2, 0.25) is 0 Å². The molecule has 0 radical (unpaired) electrons. The maximum atomic E-state index is 12.2. The van der Waals surface area contributed by atoms with Gasteiger partial charge >= 0.3 is 0 Å². The number of carbonyl (C=O) groups is 2. The molecule has 0 bridgehead atoms. The van der Waals surface area contributed by atoms with Crippen molar-refractivity contribution in [3.63, 3.8) is 0 Å². The van der Waals surface area contributed by atoms with Crippen LogP contribution in [0.1, 0.15) is 47.6 Å². The summed E-state index contributed by atoms with van der Waals surface area (Å²) in [6.45, 7) is 0.501. The molecule has 4 nitrogen and oxygen atoms in total. The van der Waals surface area contributed by atoms with E-state index in [1.54, 1.807) is 12.1 Å². The highest BCUT2D eigenvalue weighted by atomic mass is 16.2. The molecule has 1 aliphatic rings. The summed E-state index contributed by atoms with van der Waals surface area (Å²) in [5.74, 6) is 0.514. The summed E-state index contributed by atoms with van der Waals surface area (Å²) in [6, 6.07) is 19.4. The molecule has 0 aliphatic heterocycles. The zero-order chi connectivity index (χ0) is 17.5. The van der Waals surface area contributed by atoms with Gasteiger partial charge in [-0.15, -0.1) is 0 Å². The molecular weight excluding hydrogens is 312 g/mol. The van der Waals surface area contributed by atoms with Crippen molar-refractivity contribution < 1.29 is 9.59 Å². The van der Waals surface area contributed by atoms with Crippen molar-refractivity contribution in [1.82, 2.24) is 10.6 Å². The highest BCUT2D eigenvalue weighted by Crippen LogP contribution is 2.40. The molecule has 1 saturated carbocycles. The van der Waals surface area contributed by atoms with Gasteiger partial charge in [0.05, 0.1) is 6.04 Å². The first-order valence-electron chi connectivity index (χ1n) is 8.91. The lowest BCUT2D eigenvalue weighted by molar-refractivity contribution is -0.122. The van der Waals surface area contributed by atoms with E-state index in [0.29, 0.717) is 30.9 Å². The van der Waals surface area contributed by atoms with E-state index in [-0.39, 0.29) is 17.9 Å². The Bertz CT molecular complexity index is 696. The van der Waals surface area contributed by atoms with Crippen molar-refractivity contribution in [2.75, 3.05) is 6.54 Å². The molecule has 4 heteroatoms. The van der Waals surface area contributed by atoms with E-state index in [0.717, 1.165) is 0 Å². The van der Waals surface area contributed by atoms with Crippen molar-refractivity contribution in [3.8, 4) is 0 Å². The summed E-state index contributed by atoms with van der Waals surface area (Å²) in [5, 5.41) is 6.02. The Morgan fingerprint density at radius 1 is 0.960 bits per heavy atom. The van der Waals surface area contributed by atoms with Crippen LogP contribution in [0.4, 0.5) is 0 Å². The molecule has 0 spiro atoms. The van der Waals surface area contributed by atoms with Gasteiger partial charge in [-0.2, -0.15) is 0 Å². The van der Waals surface area contributed by atoms with Gasteiger partial charge in [0.2, 0.25) is 5.91 Å². The fourth-order valence-corrected chi connectivity index (χ4v) is 2.95. The minimum atomic E-state index is -0.0962. The Kier molecular flexibility index (Phi) is 5.83. The number of carbonyl (C=O) groups excluding carboxylic acids is 2. The second-order valence-corrected chi connectivity index (χ2v) is 6.52. The summed E-state index contributed by atoms with van der Waals surface area (Å²) < 4.78 is 0. The molecule has 2 aromatic carbocycles. The van der Waals surface area contributed by atoms with Crippen LogP contribution in [0, 0.1) is 5.92 Å². The molecule has 25 heavy (non-hydrogen) atoms. The molecule has 2 N–H and O–H groups in total. The Balaban J connectivity index is 1.41. The van der Waals surface area contributed by atoms with Crippen LogP contribution in [0.5, 0.6) is 0 Å². The van der Waals surface area contributed by atoms with Crippen molar-refractivity contribution in [2.24, 2.45) is 5.92 Å². The SMILES string of the molecule is O=C(CCCNC(=O)c1ccccc1)NC(c1ccccc1)C1CC1. The maximum Gasteiger partial charge on any atom is 0.251 e. The number of hydrogen-bond donors (Lipinski definition) is 2. The van der Waals surface area contributed by atoms with Gasteiger partial charge in [0, 0.05) is 18.5 Å². The lowest BCUT2D eigenvalue weighted by atomic mass is 10.0. The van der Waals surface area contributed by atoms with Gasteiger partial charge in [-0.1, -0.05) is 48.5 Å². The zero-order valence-corrected chi connectivity index (χ0v) is 14.3. The van der Waals surface area contributed by atoms with Crippen LogP contribution in [0.15, 0.2) is 60.7 Å². The summed E-state index contributed by atoms with van der Waals surface area (Å²) >= 11 is 0. The third kappa shape index (κ3) is 5.18. The average molecular weight is 336 g/mol. The first-order valence-corrected chi connectivity index (χ1v) is 8.91. The molecule has 1 unspecified atom stereocenters. The topological polar surface area (TPSA) is 58.2 Å². The van der Waals surface area contributed by atoms with Gasteiger partial charge in [0.1, 0.15) is 0 Å². The van der Waals surface area contributed by atoms with Crippen LogP contribution in [0.3, 0.4) is 0 Å². The number of nitrogens with one attached hydrogen (secondary N) is 2. The Morgan fingerprint density at radius 2 is 1.60 bits per heavy atom. The monoisotopic (exact) mass is 336 g/mol. The number of amides is 2. The summed E-state index contributed by atoms with van der Waals surface area (Å²) in [7, 11) is 0. The van der Waals surface area contributed by atoms with Gasteiger partial charge in [-0.25, -0.2) is 0 Å². The van der Waals surface area contributed by atoms with Crippen molar-refractivity contribution in [3.05, 3.63) is 71.8 Å². The van der Waals surface area contributed by atoms with Gasteiger partial charge in [-0.3, -0.25) is 9.59 Å². The first-order chi connectivity index (χ1) is 12.2. The van der Waals surface area contributed by atoms with Crippen LogP contribution >= 0.6 is 0 Å². The summed E-state index contributed by atoms with van der Waals surface area (Å²) in [5.41, 5.74) is 1.82. The third-order valence-corrected chi connectivity index (χ3v) is 4.47. The first kappa shape index (κ1) is 17.2. The molecule has 0 aromatic heterocycles. The second-order valence-electron chi connectivity index (χ2n) is 6.52. The number of rotatable bonds is 8. The van der Waals surface area contributed by atoms with Gasteiger partial charge in [0.15, 0.2) is 0 Å². The molecule has 130 valence electrons. The maximum absolute atomic E-state index is 12.2. The summed E-state index contributed by atoms with van der Waals surface area (Å²) in [6.07, 6.45) is 3.40. The molecule has 1 atom stereocenters. The molecule has 0 heterocycles. The second kappa shape index (κ2) is 8.47. The molecule has 3 rings (SSSR count). The Hall–Kier alpha value is -2.62. The van der Waals surface area contributed by atoms with Gasteiger partial charge in [0.25, 0.3) is 5.91 Å². The lowest BCUT2D eigenvalue weighted by Gasteiger charge is -2.19. The Morgan fingerprint density at radius 3 is 2.24 bits per heavy atom. The van der Waals surface area contributed by atoms with Crippen LogP contribution < -0.4 is 10.6 Å². The zero-order valence-electron chi connectivity index (χ0n) is 14.3. The molecular formula is C21H24N2O2. The predicted molar refractivity (Wildman–Crippen MR) is 98.1 cm³/mol. The largest absolute Gasteiger partial charge is 0.352 e. The lowest BCUT2D eigenvalue weighted by Crippen LogP contribution is -2.31. The molecule has 2 amide bonds. The van der Waals surface area contributed by atoms with Gasteiger partial charge in [-0.05, 0) is 42.9 Å². The van der Waals surface area contributed by atoms with E-state index in [9.17, 15) is 9.59 Å². The standard InChI is InChI=1S/C21H24N2O2/c24-19(12-7-15-22-21(25)18-10-5-2-6-11-18)23-20(17-13-14-17)16-8-3-1-4-9-16/h1-6,8-11,17,20H,7,12-15H2,(H,22,25)(H,23,24). The van der Waals surface area contributed by atoms with E-state index in [2.05, 4.69) is 22.8 Å². The Labute approximate surface area is 148 Å². The van der Waals surface area contributed by atoms with Gasteiger partial charge < -0.3 is 10.6 Å².